The molecule has 0 spiro atoms. The van der Waals surface area contributed by atoms with Gasteiger partial charge in [-0.05, 0) is 24.8 Å². The van der Waals surface area contributed by atoms with Crippen molar-refractivity contribution in [3.63, 3.8) is 0 Å². The molecule has 0 heterocycles. The van der Waals surface area contributed by atoms with Crippen molar-refractivity contribution in [2.45, 2.75) is 32.2 Å². The van der Waals surface area contributed by atoms with E-state index in [0.717, 1.165) is 12.3 Å². The molecule has 1 atom stereocenters. The van der Waals surface area contributed by atoms with Crippen LogP contribution in [-0.2, 0) is 0 Å². The van der Waals surface area contributed by atoms with E-state index in [9.17, 15) is 0 Å². The zero-order chi connectivity index (χ0) is 10.7. The SMILES string of the molecule is CCC(N=C(N)C1CC1)c1ccccc1. The fourth-order valence-corrected chi connectivity index (χ4v) is 1.74. The molecule has 1 unspecified atom stereocenters. The lowest BCUT2D eigenvalue weighted by Gasteiger charge is -2.11. The zero-order valence-corrected chi connectivity index (χ0v) is 9.19. The number of nitrogens with zero attached hydrogens (tertiary/aromatic N) is 1. The van der Waals surface area contributed by atoms with Crippen molar-refractivity contribution >= 4 is 5.84 Å². The van der Waals surface area contributed by atoms with Crippen LogP contribution < -0.4 is 5.73 Å². The summed E-state index contributed by atoms with van der Waals surface area (Å²) in [6.07, 6.45) is 3.46. The van der Waals surface area contributed by atoms with Crippen molar-refractivity contribution < 1.29 is 0 Å². The molecule has 0 radical (unpaired) electrons. The summed E-state index contributed by atoms with van der Waals surface area (Å²) in [5.74, 6) is 1.42. The Kier molecular flexibility index (Phi) is 3.05. The number of nitrogens with two attached hydrogens (primary N) is 1. The van der Waals surface area contributed by atoms with Crippen LogP contribution in [0.4, 0.5) is 0 Å². The third-order valence-electron chi connectivity index (χ3n) is 2.87. The van der Waals surface area contributed by atoms with Crippen LogP contribution in [-0.4, -0.2) is 5.84 Å². The highest BCUT2D eigenvalue weighted by atomic mass is 14.9. The standard InChI is InChI=1S/C13H18N2/c1-2-12(10-6-4-3-5-7-10)15-13(14)11-8-9-11/h3-7,11-12H,2,8-9H2,1H3,(H2,14,15). The van der Waals surface area contributed by atoms with Crippen molar-refractivity contribution in [1.29, 1.82) is 0 Å². The van der Waals surface area contributed by atoms with E-state index >= 15 is 0 Å². The van der Waals surface area contributed by atoms with Gasteiger partial charge in [0.25, 0.3) is 0 Å². The molecule has 1 fully saturated rings. The summed E-state index contributed by atoms with van der Waals surface area (Å²) in [5, 5.41) is 0. The molecule has 2 rings (SSSR count). The molecule has 80 valence electrons. The van der Waals surface area contributed by atoms with Gasteiger partial charge in [0, 0.05) is 5.92 Å². The second-order valence-electron chi connectivity index (χ2n) is 4.16. The van der Waals surface area contributed by atoms with Crippen LogP contribution in [0.5, 0.6) is 0 Å². The van der Waals surface area contributed by atoms with Crippen LogP contribution in [0.1, 0.15) is 37.8 Å². The van der Waals surface area contributed by atoms with Gasteiger partial charge in [-0.25, -0.2) is 0 Å². The molecule has 1 aromatic carbocycles. The quantitative estimate of drug-likeness (QED) is 0.591. The Morgan fingerprint density at radius 2 is 2.07 bits per heavy atom. The lowest BCUT2D eigenvalue weighted by Crippen LogP contribution is -2.15. The smallest absolute Gasteiger partial charge is 0.0976 e. The largest absolute Gasteiger partial charge is 0.387 e. The van der Waals surface area contributed by atoms with Crippen molar-refractivity contribution in [3.8, 4) is 0 Å². The van der Waals surface area contributed by atoms with E-state index in [1.165, 1.54) is 18.4 Å². The van der Waals surface area contributed by atoms with Crippen LogP contribution in [0.3, 0.4) is 0 Å². The van der Waals surface area contributed by atoms with E-state index in [1.807, 2.05) is 6.07 Å². The predicted octanol–water partition coefficient (Wildman–Crippen LogP) is 2.90. The highest BCUT2D eigenvalue weighted by Crippen LogP contribution is 2.31. The fraction of sp³-hybridized carbons (Fsp3) is 0.462. The molecule has 2 N–H and O–H groups in total. The molecule has 1 saturated carbocycles. The van der Waals surface area contributed by atoms with Gasteiger partial charge in [-0.1, -0.05) is 37.3 Å². The molecule has 1 aliphatic rings. The molecule has 0 saturated heterocycles. The van der Waals surface area contributed by atoms with Crippen molar-refractivity contribution in [2.75, 3.05) is 0 Å². The molecule has 0 bridgehead atoms. The van der Waals surface area contributed by atoms with Gasteiger partial charge in [-0.3, -0.25) is 4.99 Å². The number of amidine groups is 1. The lowest BCUT2D eigenvalue weighted by atomic mass is 10.1. The summed E-state index contributed by atoms with van der Waals surface area (Å²) < 4.78 is 0. The van der Waals surface area contributed by atoms with Gasteiger partial charge in [0.05, 0.1) is 11.9 Å². The van der Waals surface area contributed by atoms with Crippen molar-refractivity contribution in [2.24, 2.45) is 16.6 Å². The molecule has 1 aliphatic carbocycles. The highest BCUT2D eigenvalue weighted by molar-refractivity contribution is 5.85. The van der Waals surface area contributed by atoms with Gasteiger partial charge < -0.3 is 5.73 Å². The first-order valence-corrected chi connectivity index (χ1v) is 5.69. The number of hydrogen-bond acceptors (Lipinski definition) is 1. The summed E-state index contributed by atoms with van der Waals surface area (Å²) >= 11 is 0. The lowest BCUT2D eigenvalue weighted by molar-refractivity contribution is 0.696. The minimum atomic E-state index is 0.242. The van der Waals surface area contributed by atoms with Gasteiger partial charge in [0.1, 0.15) is 0 Å². The maximum absolute atomic E-state index is 5.94. The van der Waals surface area contributed by atoms with E-state index in [4.69, 9.17) is 5.73 Å². The van der Waals surface area contributed by atoms with Crippen LogP contribution in [0.2, 0.25) is 0 Å². The average Bonchev–Trinajstić information content (AvgIpc) is 3.10. The van der Waals surface area contributed by atoms with E-state index < -0.39 is 0 Å². The van der Waals surface area contributed by atoms with Gasteiger partial charge in [-0.2, -0.15) is 0 Å². The number of aliphatic imine (C=N–C) groups is 1. The van der Waals surface area contributed by atoms with E-state index in [1.54, 1.807) is 0 Å². The average molecular weight is 202 g/mol. The van der Waals surface area contributed by atoms with Gasteiger partial charge >= 0.3 is 0 Å². The van der Waals surface area contributed by atoms with Crippen LogP contribution in [0, 0.1) is 5.92 Å². The second-order valence-corrected chi connectivity index (χ2v) is 4.16. The first-order valence-electron chi connectivity index (χ1n) is 5.69. The Morgan fingerprint density at radius 1 is 1.40 bits per heavy atom. The first-order chi connectivity index (χ1) is 7.31. The Bertz CT molecular complexity index is 339. The molecule has 0 aliphatic heterocycles. The van der Waals surface area contributed by atoms with Crippen molar-refractivity contribution in [1.82, 2.24) is 0 Å². The molecule has 0 amide bonds. The Morgan fingerprint density at radius 3 is 2.60 bits per heavy atom. The fourth-order valence-electron chi connectivity index (χ4n) is 1.74. The molecule has 0 aromatic heterocycles. The van der Waals surface area contributed by atoms with Gasteiger partial charge in [0.2, 0.25) is 0 Å². The topological polar surface area (TPSA) is 38.4 Å². The predicted molar refractivity (Wildman–Crippen MR) is 63.8 cm³/mol. The summed E-state index contributed by atoms with van der Waals surface area (Å²) in [7, 11) is 0. The summed E-state index contributed by atoms with van der Waals surface area (Å²) in [6, 6.07) is 10.6. The minimum Gasteiger partial charge on any atom is -0.387 e. The van der Waals surface area contributed by atoms with Crippen LogP contribution >= 0.6 is 0 Å². The minimum absolute atomic E-state index is 0.242. The monoisotopic (exact) mass is 202 g/mol. The van der Waals surface area contributed by atoms with E-state index in [0.29, 0.717) is 5.92 Å². The van der Waals surface area contributed by atoms with Crippen molar-refractivity contribution in [3.05, 3.63) is 35.9 Å². The normalized spacial score (nSPS) is 18.9. The number of hydrogen-bond donors (Lipinski definition) is 1. The Balaban J connectivity index is 2.13. The number of benzene rings is 1. The zero-order valence-electron chi connectivity index (χ0n) is 9.19. The van der Waals surface area contributed by atoms with E-state index in [2.05, 4.69) is 36.2 Å². The van der Waals surface area contributed by atoms with Gasteiger partial charge in [-0.15, -0.1) is 0 Å². The third kappa shape index (κ3) is 2.58. The Hall–Kier alpha value is -1.31. The summed E-state index contributed by atoms with van der Waals surface area (Å²) in [6.45, 7) is 2.15. The molecular weight excluding hydrogens is 184 g/mol. The van der Waals surface area contributed by atoms with Gasteiger partial charge in [0.15, 0.2) is 0 Å². The van der Waals surface area contributed by atoms with E-state index in [-0.39, 0.29) is 6.04 Å². The summed E-state index contributed by atoms with van der Waals surface area (Å²) in [4.78, 5) is 4.62. The van der Waals surface area contributed by atoms with Crippen LogP contribution in [0.25, 0.3) is 0 Å². The first kappa shape index (κ1) is 10.2. The molecule has 15 heavy (non-hydrogen) atoms. The maximum atomic E-state index is 5.94. The Labute approximate surface area is 91.2 Å². The molecule has 2 nitrogen and oxygen atoms in total. The highest BCUT2D eigenvalue weighted by Gasteiger charge is 2.26. The second kappa shape index (κ2) is 4.47. The maximum Gasteiger partial charge on any atom is 0.0976 e. The van der Waals surface area contributed by atoms with Crippen LogP contribution in [0.15, 0.2) is 35.3 Å². The molecule has 1 aromatic rings. The molecule has 2 heteroatoms. The summed E-state index contributed by atoms with van der Waals surface area (Å²) in [5.41, 5.74) is 7.21. The molecular formula is C13H18N2. The third-order valence-corrected chi connectivity index (χ3v) is 2.87. The number of rotatable bonds is 4.